The van der Waals surface area contributed by atoms with E-state index in [-0.39, 0.29) is 5.56 Å². The Kier molecular flexibility index (Phi) is 5.18. The summed E-state index contributed by atoms with van der Waals surface area (Å²) in [5.74, 6) is -0.0999. The van der Waals surface area contributed by atoms with E-state index in [4.69, 9.17) is 4.74 Å². The first kappa shape index (κ1) is 19.6. The van der Waals surface area contributed by atoms with Crippen molar-refractivity contribution in [2.75, 3.05) is 0 Å². The summed E-state index contributed by atoms with van der Waals surface area (Å²) in [5.41, 5.74) is 6.16. The fourth-order valence-corrected chi connectivity index (χ4v) is 3.82. The zero-order valence-electron chi connectivity index (χ0n) is 17.3. The second-order valence-corrected chi connectivity index (χ2v) is 7.63. The van der Waals surface area contributed by atoms with Crippen molar-refractivity contribution in [1.29, 1.82) is 0 Å². The minimum atomic E-state index is -0.935. The summed E-state index contributed by atoms with van der Waals surface area (Å²) >= 11 is 0. The summed E-state index contributed by atoms with van der Waals surface area (Å²) in [6.07, 6.45) is 0. The van der Waals surface area contributed by atoms with Crippen molar-refractivity contribution in [1.82, 2.24) is 4.98 Å². The van der Waals surface area contributed by atoms with Gasteiger partial charge in [0.25, 0.3) is 0 Å². The number of H-pyrrole nitrogens is 1. The van der Waals surface area contributed by atoms with Crippen LogP contribution in [-0.2, 0) is 6.61 Å². The van der Waals surface area contributed by atoms with E-state index in [0.717, 1.165) is 39.1 Å². The molecule has 1 aromatic heterocycles. The van der Waals surface area contributed by atoms with E-state index in [1.165, 1.54) is 0 Å². The highest BCUT2D eigenvalue weighted by Gasteiger charge is 2.11. The maximum atomic E-state index is 11.5. The maximum absolute atomic E-state index is 11.5. The van der Waals surface area contributed by atoms with Crippen LogP contribution in [0.25, 0.3) is 33.3 Å². The van der Waals surface area contributed by atoms with E-state index in [1.54, 1.807) is 12.1 Å². The third-order valence-corrected chi connectivity index (χ3v) is 5.52. The molecule has 156 valence electrons. The van der Waals surface area contributed by atoms with Crippen LogP contribution >= 0.6 is 0 Å². The van der Waals surface area contributed by atoms with Gasteiger partial charge in [0.05, 0.1) is 11.1 Å². The molecule has 0 saturated heterocycles. The Morgan fingerprint density at radius 3 is 2.09 bits per heavy atom. The average Bonchev–Trinajstić information content (AvgIpc) is 3.28. The molecular weight excluding hydrogens is 398 g/mol. The fraction of sp³-hybridized carbons (Fsp3) is 0.0357. The minimum Gasteiger partial charge on any atom is -0.489 e. The summed E-state index contributed by atoms with van der Waals surface area (Å²) in [6, 6.07) is 33.7. The van der Waals surface area contributed by atoms with Gasteiger partial charge in [-0.2, -0.15) is 0 Å². The Morgan fingerprint density at radius 1 is 0.750 bits per heavy atom. The van der Waals surface area contributed by atoms with E-state index in [2.05, 4.69) is 29.2 Å². The molecule has 0 aliphatic carbocycles. The second-order valence-electron chi connectivity index (χ2n) is 7.63. The highest BCUT2D eigenvalue weighted by molar-refractivity contribution is 6.03. The van der Waals surface area contributed by atoms with E-state index in [0.29, 0.717) is 12.1 Å². The molecule has 0 unspecified atom stereocenters. The number of carboxylic acids is 1. The summed E-state index contributed by atoms with van der Waals surface area (Å²) in [7, 11) is 0. The molecule has 5 rings (SSSR count). The second kappa shape index (κ2) is 8.44. The number of nitrogens with one attached hydrogen (secondary N) is 1. The van der Waals surface area contributed by atoms with Crippen LogP contribution in [0.15, 0.2) is 103 Å². The van der Waals surface area contributed by atoms with Crippen molar-refractivity contribution in [3.8, 4) is 28.1 Å². The first-order valence-electron chi connectivity index (χ1n) is 10.4. The standard InChI is InChI=1S/C28H21NO3/c30-28(31)25-8-4-7-23-17-26(29-27(23)25)22-11-9-20(10-12-22)21-13-15-24(16-14-21)32-18-19-5-2-1-3-6-19/h1-17,29H,18H2,(H,30,31). The molecule has 0 spiro atoms. The maximum Gasteiger partial charge on any atom is 0.337 e. The number of para-hydroxylation sites is 1. The third kappa shape index (κ3) is 3.98. The van der Waals surface area contributed by atoms with Gasteiger partial charge in [0.15, 0.2) is 0 Å². The first-order valence-corrected chi connectivity index (χ1v) is 10.4. The number of benzene rings is 4. The predicted octanol–water partition coefficient (Wildman–Crippen LogP) is 6.78. The van der Waals surface area contributed by atoms with Gasteiger partial charge in [0, 0.05) is 11.1 Å². The van der Waals surface area contributed by atoms with Gasteiger partial charge in [0.1, 0.15) is 12.4 Å². The molecule has 0 saturated carbocycles. The van der Waals surface area contributed by atoms with E-state index in [1.807, 2.05) is 66.7 Å². The van der Waals surface area contributed by atoms with Crippen molar-refractivity contribution < 1.29 is 14.6 Å². The van der Waals surface area contributed by atoms with Crippen LogP contribution in [0.5, 0.6) is 5.75 Å². The molecule has 0 radical (unpaired) electrons. The number of aromatic amines is 1. The molecule has 0 aliphatic heterocycles. The number of fused-ring (bicyclic) bond motifs is 1. The number of rotatable bonds is 6. The number of ether oxygens (including phenoxy) is 1. The highest BCUT2D eigenvalue weighted by Crippen LogP contribution is 2.29. The SMILES string of the molecule is O=C(O)c1cccc2cc(-c3ccc(-c4ccc(OCc5ccccc5)cc4)cc3)[nH]c12. The van der Waals surface area contributed by atoms with Gasteiger partial charge >= 0.3 is 5.97 Å². The number of hydrogen-bond donors (Lipinski definition) is 2. The highest BCUT2D eigenvalue weighted by atomic mass is 16.5. The number of carbonyl (C=O) groups is 1. The molecule has 4 aromatic carbocycles. The lowest BCUT2D eigenvalue weighted by atomic mass is 10.0. The van der Waals surface area contributed by atoms with Crippen molar-refractivity contribution in [2.24, 2.45) is 0 Å². The predicted molar refractivity (Wildman–Crippen MR) is 127 cm³/mol. The molecule has 0 fully saturated rings. The first-order chi connectivity index (χ1) is 15.7. The number of carboxylic acid groups (broad SMARTS) is 1. The number of hydrogen-bond acceptors (Lipinski definition) is 2. The lowest BCUT2D eigenvalue weighted by Gasteiger charge is -2.08. The molecule has 4 heteroatoms. The largest absolute Gasteiger partial charge is 0.489 e. The van der Waals surface area contributed by atoms with Crippen molar-refractivity contribution in [3.63, 3.8) is 0 Å². The molecule has 0 bridgehead atoms. The zero-order chi connectivity index (χ0) is 21.9. The zero-order valence-corrected chi connectivity index (χ0v) is 17.3. The van der Waals surface area contributed by atoms with Crippen molar-refractivity contribution in [3.05, 3.63) is 114 Å². The average molecular weight is 419 g/mol. The molecular formula is C28H21NO3. The molecule has 0 atom stereocenters. The Hall–Kier alpha value is -4.31. The Balaban J connectivity index is 1.33. The van der Waals surface area contributed by atoms with Gasteiger partial charge in [-0.15, -0.1) is 0 Å². The number of aromatic carboxylic acids is 1. The Labute approximate surface area is 185 Å². The van der Waals surface area contributed by atoms with Gasteiger partial charge in [-0.05, 0) is 46.5 Å². The van der Waals surface area contributed by atoms with E-state index in [9.17, 15) is 9.90 Å². The molecule has 2 N–H and O–H groups in total. The van der Waals surface area contributed by atoms with Crippen molar-refractivity contribution >= 4 is 16.9 Å². The Bertz CT molecular complexity index is 1370. The summed E-state index contributed by atoms with van der Waals surface area (Å²) < 4.78 is 5.87. The van der Waals surface area contributed by atoms with E-state index >= 15 is 0 Å². The smallest absolute Gasteiger partial charge is 0.337 e. The van der Waals surface area contributed by atoms with Crippen LogP contribution in [0.2, 0.25) is 0 Å². The molecule has 4 nitrogen and oxygen atoms in total. The van der Waals surface area contributed by atoms with Gasteiger partial charge in [0.2, 0.25) is 0 Å². The Morgan fingerprint density at radius 2 is 1.41 bits per heavy atom. The van der Waals surface area contributed by atoms with Crippen LogP contribution in [-0.4, -0.2) is 16.1 Å². The summed E-state index contributed by atoms with van der Waals surface area (Å²) in [5, 5.41) is 10.3. The van der Waals surface area contributed by atoms with Crippen molar-refractivity contribution in [2.45, 2.75) is 6.61 Å². The van der Waals surface area contributed by atoms with Crippen LogP contribution in [0.1, 0.15) is 15.9 Å². The van der Waals surface area contributed by atoms with Crippen LogP contribution in [0, 0.1) is 0 Å². The summed E-state index contributed by atoms with van der Waals surface area (Å²) in [4.78, 5) is 14.7. The van der Waals surface area contributed by atoms with Gasteiger partial charge in [-0.25, -0.2) is 4.79 Å². The molecule has 0 aliphatic rings. The quantitative estimate of drug-likeness (QED) is 0.319. The van der Waals surface area contributed by atoms with Crippen LogP contribution in [0.3, 0.4) is 0 Å². The van der Waals surface area contributed by atoms with Gasteiger partial charge in [-0.3, -0.25) is 0 Å². The molecule has 32 heavy (non-hydrogen) atoms. The van der Waals surface area contributed by atoms with Gasteiger partial charge < -0.3 is 14.8 Å². The lowest BCUT2D eigenvalue weighted by molar-refractivity contribution is 0.0699. The fourth-order valence-electron chi connectivity index (χ4n) is 3.82. The normalized spacial score (nSPS) is 10.9. The number of aromatic nitrogens is 1. The van der Waals surface area contributed by atoms with E-state index < -0.39 is 5.97 Å². The molecule has 0 amide bonds. The third-order valence-electron chi connectivity index (χ3n) is 5.52. The molecule has 1 heterocycles. The minimum absolute atomic E-state index is 0.278. The van der Waals surface area contributed by atoms with Crippen LogP contribution in [0.4, 0.5) is 0 Å². The summed E-state index contributed by atoms with van der Waals surface area (Å²) in [6.45, 7) is 0.545. The lowest BCUT2D eigenvalue weighted by Crippen LogP contribution is -1.96. The topological polar surface area (TPSA) is 62.3 Å². The molecule has 5 aromatic rings. The van der Waals surface area contributed by atoms with Crippen LogP contribution < -0.4 is 4.74 Å². The monoisotopic (exact) mass is 419 g/mol. The van der Waals surface area contributed by atoms with Gasteiger partial charge in [-0.1, -0.05) is 78.9 Å².